The Morgan fingerprint density at radius 2 is 2.00 bits per heavy atom. The van der Waals surface area contributed by atoms with Crippen LogP contribution in [-0.4, -0.2) is 36.8 Å². The Hall–Kier alpha value is -3.72. The van der Waals surface area contributed by atoms with Gasteiger partial charge in [0.2, 0.25) is 5.88 Å². The fourth-order valence-corrected chi connectivity index (χ4v) is 3.33. The summed E-state index contributed by atoms with van der Waals surface area (Å²) in [5.41, 5.74) is 1.69. The van der Waals surface area contributed by atoms with Crippen molar-refractivity contribution in [2.24, 2.45) is 0 Å². The Kier molecular flexibility index (Phi) is 3.85. The van der Waals surface area contributed by atoms with E-state index in [2.05, 4.69) is 20.1 Å². The summed E-state index contributed by atoms with van der Waals surface area (Å²) >= 11 is 0. The van der Waals surface area contributed by atoms with E-state index in [9.17, 15) is 13.9 Å². The minimum Gasteiger partial charge on any atom is -0.481 e. The largest absolute Gasteiger partial charge is 0.481 e. The SMILES string of the molecule is COc1cc(C(O)c2c(C3=CC=C3)nc3nccnn23)c2ccc(F)c(F)c2n1. The first-order valence-electron chi connectivity index (χ1n) is 8.67. The van der Waals surface area contributed by atoms with Gasteiger partial charge in [-0.2, -0.15) is 9.61 Å². The van der Waals surface area contributed by atoms with E-state index in [4.69, 9.17) is 4.74 Å². The number of ether oxygens (including phenoxy) is 1. The van der Waals surface area contributed by atoms with Crippen molar-refractivity contribution in [3.05, 3.63) is 77.4 Å². The first-order valence-corrected chi connectivity index (χ1v) is 8.67. The quantitative estimate of drug-likeness (QED) is 0.574. The minimum atomic E-state index is -1.28. The summed E-state index contributed by atoms with van der Waals surface area (Å²) < 4.78 is 34.7. The van der Waals surface area contributed by atoms with Crippen molar-refractivity contribution in [2.45, 2.75) is 6.10 Å². The zero-order valence-corrected chi connectivity index (χ0v) is 15.0. The molecule has 3 aromatic heterocycles. The predicted molar refractivity (Wildman–Crippen MR) is 100 cm³/mol. The third kappa shape index (κ3) is 2.59. The lowest BCUT2D eigenvalue weighted by molar-refractivity contribution is 0.213. The summed E-state index contributed by atoms with van der Waals surface area (Å²) in [5.74, 6) is -1.80. The Bertz CT molecular complexity index is 1350. The van der Waals surface area contributed by atoms with Crippen LogP contribution in [0.25, 0.3) is 22.3 Å². The van der Waals surface area contributed by atoms with Gasteiger partial charge in [0.15, 0.2) is 11.6 Å². The van der Waals surface area contributed by atoms with Gasteiger partial charge in [0.05, 0.1) is 25.2 Å². The number of halogens is 2. The van der Waals surface area contributed by atoms with Crippen LogP contribution in [0.1, 0.15) is 23.1 Å². The van der Waals surface area contributed by atoms with Crippen molar-refractivity contribution in [1.29, 1.82) is 0 Å². The van der Waals surface area contributed by atoms with Crippen LogP contribution in [0.15, 0.2) is 48.8 Å². The average Bonchev–Trinajstić information content (AvgIpc) is 3.07. The van der Waals surface area contributed by atoms with Gasteiger partial charge in [0.1, 0.15) is 17.3 Å². The number of rotatable bonds is 4. The molecule has 0 saturated carbocycles. The number of aliphatic hydroxyl groups is 1. The third-order valence-corrected chi connectivity index (χ3v) is 4.78. The van der Waals surface area contributed by atoms with Crippen LogP contribution in [0.5, 0.6) is 5.88 Å². The normalized spacial score (nSPS) is 14.1. The fourth-order valence-electron chi connectivity index (χ4n) is 3.33. The number of nitrogens with zero attached hydrogens (tertiary/aromatic N) is 5. The maximum atomic E-state index is 14.4. The molecule has 9 heteroatoms. The molecule has 1 aliphatic carbocycles. The van der Waals surface area contributed by atoms with Crippen LogP contribution in [0, 0.1) is 11.6 Å². The highest BCUT2D eigenvalue weighted by Crippen LogP contribution is 2.36. The molecule has 0 saturated heterocycles. The van der Waals surface area contributed by atoms with Gasteiger partial charge in [-0.1, -0.05) is 18.2 Å². The Balaban J connectivity index is 1.80. The van der Waals surface area contributed by atoms with Crippen LogP contribution in [-0.2, 0) is 0 Å². The maximum Gasteiger partial charge on any atom is 0.251 e. The molecule has 1 N–H and O–H groups in total. The molecular formula is C20H13F2N5O2. The number of allylic oxidation sites excluding steroid dienone is 4. The molecule has 1 aromatic carbocycles. The summed E-state index contributed by atoms with van der Waals surface area (Å²) in [6, 6.07) is 3.85. The number of benzene rings is 1. The van der Waals surface area contributed by atoms with E-state index in [0.29, 0.717) is 17.2 Å². The number of pyridine rings is 1. The summed E-state index contributed by atoms with van der Waals surface area (Å²) in [5, 5.41) is 15.8. The monoisotopic (exact) mass is 393 g/mol. The summed E-state index contributed by atoms with van der Waals surface area (Å²) in [4.78, 5) is 12.7. The number of fused-ring (bicyclic) bond motifs is 2. The lowest BCUT2D eigenvalue weighted by Gasteiger charge is -2.17. The van der Waals surface area contributed by atoms with Crippen LogP contribution >= 0.6 is 0 Å². The molecule has 144 valence electrons. The van der Waals surface area contributed by atoms with Crippen molar-refractivity contribution in [1.82, 2.24) is 24.6 Å². The molecule has 1 atom stereocenters. The Morgan fingerprint density at radius 3 is 2.72 bits per heavy atom. The van der Waals surface area contributed by atoms with Gasteiger partial charge in [-0.25, -0.2) is 23.7 Å². The van der Waals surface area contributed by atoms with Crippen molar-refractivity contribution < 1.29 is 18.6 Å². The van der Waals surface area contributed by atoms with Crippen molar-refractivity contribution in [3.8, 4) is 5.88 Å². The second-order valence-corrected chi connectivity index (χ2v) is 6.40. The van der Waals surface area contributed by atoms with Gasteiger partial charge in [-0.05, 0) is 12.1 Å². The molecule has 0 spiro atoms. The zero-order chi connectivity index (χ0) is 20.1. The number of aromatic nitrogens is 5. The maximum absolute atomic E-state index is 14.4. The lowest BCUT2D eigenvalue weighted by atomic mass is 9.96. The molecule has 3 heterocycles. The summed E-state index contributed by atoms with van der Waals surface area (Å²) in [6.45, 7) is 0. The molecule has 29 heavy (non-hydrogen) atoms. The highest BCUT2D eigenvalue weighted by Gasteiger charge is 2.28. The van der Waals surface area contributed by atoms with Crippen molar-refractivity contribution in [2.75, 3.05) is 7.11 Å². The second-order valence-electron chi connectivity index (χ2n) is 6.40. The standard InChI is InChI=1S/C20H13F2N5O2/c1-29-14-9-12(11-5-6-13(21)15(22)17(11)25-14)19(28)18-16(10-3-2-4-10)26-20-23-7-8-24-27(18)20/h2-9,19,28H,1H3. The molecule has 0 amide bonds. The van der Waals surface area contributed by atoms with Gasteiger partial charge in [-0.3, -0.25) is 0 Å². The molecule has 0 bridgehead atoms. The predicted octanol–water partition coefficient (Wildman–Crippen LogP) is 2.99. The van der Waals surface area contributed by atoms with Gasteiger partial charge in [0.25, 0.3) is 5.78 Å². The molecule has 5 rings (SSSR count). The summed E-state index contributed by atoms with van der Waals surface area (Å²) in [6.07, 6.45) is 7.22. The molecule has 4 aromatic rings. The van der Waals surface area contributed by atoms with Crippen LogP contribution in [0.2, 0.25) is 0 Å². The minimum absolute atomic E-state index is 0.0419. The van der Waals surface area contributed by atoms with Gasteiger partial charge >= 0.3 is 0 Å². The Labute approximate surface area is 162 Å². The van der Waals surface area contributed by atoms with Crippen molar-refractivity contribution in [3.63, 3.8) is 0 Å². The number of methoxy groups -OCH3 is 1. The molecular weight excluding hydrogens is 380 g/mol. The van der Waals surface area contributed by atoms with Gasteiger partial charge in [-0.15, -0.1) is 0 Å². The number of imidazole rings is 1. The topological polar surface area (TPSA) is 85.4 Å². The van der Waals surface area contributed by atoms with E-state index in [1.807, 2.05) is 18.2 Å². The lowest BCUT2D eigenvalue weighted by Crippen LogP contribution is -2.10. The smallest absolute Gasteiger partial charge is 0.251 e. The van der Waals surface area contributed by atoms with Gasteiger partial charge in [0, 0.05) is 22.6 Å². The average molecular weight is 393 g/mol. The number of aliphatic hydroxyl groups excluding tert-OH is 1. The molecule has 0 aliphatic heterocycles. The highest BCUT2D eigenvalue weighted by atomic mass is 19.2. The van der Waals surface area contributed by atoms with Crippen LogP contribution in [0.4, 0.5) is 8.78 Å². The van der Waals surface area contributed by atoms with Crippen LogP contribution < -0.4 is 4.74 Å². The fraction of sp³-hybridized carbons (Fsp3) is 0.100. The van der Waals surface area contributed by atoms with E-state index in [-0.39, 0.29) is 22.3 Å². The van der Waals surface area contributed by atoms with E-state index < -0.39 is 17.7 Å². The van der Waals surface area contributed by atoms with E-state index in [1.165, 1.54) is 36.2 Å². The van der Waals surface area contributed by atoms with Gasteiger partial charge < -0.3 is 9.84 Å². The molecule has 7 nitrogen and oxygen atoms in total. The van der Waals surface area contributed by atoms with E-state index in [1.54, 1.807) is 0 Å². The van der Waals surface area contributed by atoms with E-state index in [0.717, 1.165) is 11.6 Å². The molecule has 1 unspecified atom stereocenters. The van der Waals surface area contributed by atoms with E-state index >= 15 is 0 Å². The molecule has 1 aliphatic rings. The third-order valence-electron chi connectivity index (χ3n) is 4.78. The molecule has 0 radical (unpaired) electrons. The summed E-state index contributed by atoms with van der Waals surface area (Å²) in [7, 11) is 1.36. The number of hydrogen-bond donors (Lipinski definition) is 1. The highest BCUT2D eigenvalue weighted by molar-refractivity contribution is 5.86. The zero-order valence-electron chi connectivity index (χ0n) is 15.0. The Morgan fingerprint density at radius 1 is 1.17 bits per heavy atom. The van der Waals surface area contributed by atoms with Crippen LogP contribution in [0.3, 0.4) is 0 Å². The van der Waals surface area contributed by atoms with Crippen molar-refractivity contribution >= 4 is 22.3 Å². The second kappa shape index (κ2) is 6.42. The molecule has 0 fully saturated rings. The first-order chi connectivity index (χ1) is 14.1. The number of hydrogen-bond acceptors (Lipinski definition) is 6. The first kappa shape index (κ1) is 17.4.